The highest BCUT2D eigenvalue weighted by Gasteiger charge is 2.31. The van der Waals surface area contributed by atoms with E-state index in [1.165, 1.54) is 0 Å². The van der Waals surface area contributed by atoms with Gasteiger partial charge in [-0.1, -0.05) is 55.4 Å². The van der Waals surface area contributed by atoms with Crippen molar-refractivity contribution in [1.82, 2.24) is 25.3 Å². The van der Waals surface area contributed by atoms with Gasteiger partial charge in [0.1, 0.15) is 12.6 Å². The third-order valence-electron chi connectivity index (χ3n) is 5.67. The third-order valence-corrected chi connectivity index (χ3v) is 6.54. The van der Waals surface area contributed by atoms with Crippen molar-refractivity contribution in [2.75, 3.05) is 26.2 Å². The van der Waals surface area contributed by atoms with Gasteiger partial charge < -0.3 is 19.5 Å². The van der Waals surface area contributed by atoms with Crippen molar-refractivity contribution in [1.29, 1.82) is 0 Å². The maximum atomic E-state index is 13.1. The standard InChI is InChI=1S/C24H29N5O4S/c1-17(2)21(26-24(31)32-16-18-7-4-3-5-8-18)23(30)29-12-10-28(11-13-29)15-20-25-22(27-33-20)19-9-6-14-34-19/h3-9,14,17,21H,10-13,15-16H2,1-2H3,(H,26,31)/t21-/m0/s1. The molecule has 0 unspecified atom stereocenters. The minimum atomic E-state index is -0.640. The summed E-state index contributed by atoms with van der Waals surface area (Å²) in [7, 11) is 0. The number of thiophene rings is 1. The lowest BCUT2D eigenvalue weighted by Gasteiger charge is -2.36. The summed E-state index contributed by atoms with van der Waals surface area (Å²) in [5.74, 6) is 1.00. The largest absolute Gasteiger partial charge is 0.445 e. The van der Waals surface area contributed by atoms with E-state index in [4.69, 9.17) is 9.26 Å². The van der Waals surface area contributed by atoms with E-state index >= 15 is 0 Å². The van der Waals surface area contributed by atoms with E-state index in [2.05, 4.69) is 20.4 Å². The summed E-state index contributed by atoms with van der Waals surface area (Å²) in [5.41, 5.74) is 0.893. The molecule has 2 aromatic heterocycles. The van der Waals surface area contributed by atoms with E-state index in [0.29, 0.717) is 44.4 Å². The highest BCUT2D eigenvalue weighted by Crippen LogP contribution is 2.22. The number of piperazine rings is 1. The third kappa shape index (κ3) is 6.21. The van der Waals surface area contributed by atoms with Crippen molar-refractivity contribution < 1.29 is 18.8 Å². The molecule has 0 radical (unpaired) electrons. The summed E-state index contributed by atoms with van der Waals surface area (Å²) in [6.45, 7) is 7.03. The molecule has 0 aliphatic carbocycles. The molecule has 0 saturated carbocycles. The van der Waals surface area contributed by atoms with Gasteiger partial charge in [0, 0.05) is 26.2 Å². The van der Waals surface area contributed by atoms with Crippen LogP contribution in [0.4, 0.5) is 4.79 Å². The predicted octanol–water partition coefficient (Wildman–Crippen LogP) is 3.39. The molecule has 1 fully saturated rings. The van der Waals surface area contributed by atoms with Crippen molar-refractivity contribution in [3.05, 3.63) is 59.3 Å². The second kappa shape index (κ2) is 11.3. The zero-order valence-corrected chi connectivity index (χ0v) is 20.2. The van der Waals surface area contributed by atoms with Crippen LogP contribution in [0, 0.1) is 5.92 Å². The Morgan fingerprint density at radius 3 is 2.56 bits per heavy atom. The van der Waals surface area contributed by atoms with Crippen LogP contribution in [0.3, 0.4) is 0 Å². The SMILES string of the molecule is CC(C)[C@H](NC(=O)OCc1ccccc1)C(=O)N1CCN(Cc2nc(-c3cccs3)no2)CC1. The monoisotopic (exact) mass is 483 g/mol. The fourth-order valence-electron chi connectivity index (χ4n) is 3.74. The Labute approximate surface area is 202 Å². The minimum absolute atomic E-state index is 0.0659. The van der Waals surface area contributed by atoms with E-state index in [-0.39, 0.29) is 18.4 Å². The number of nitrogens with one attached hydrogen (secondary N) is 1. The molecule has 0 spiro atoms. The molecule has 9 nitrogen and oxygen atoms in total. The van der Waals surface area contributed by atoms with E-state index in [1.54, 1.807) is 16.2 Å². The van der Waals surface area contributed by atoms with Crippen LogP contribution >= 0.6 is 11.3 Å². The molecule has 3 aromatic rings. The van der Waals surface area contributed by atoms with Crippen molar-refractivity contribution >= 4 is 23.3 Å². The number of benzene rings is 1. The first-order valence-corrected chi connectivity index (χ1v) is 12.2. The minimum Gasteiger partial charge on any atom is -0.445 e. The van der Waals surface area contributed by atoms with Crippen LogP contribution in [-0.4, -0.2) is 64.2 Å². The number of alkyl carbamates (subject to hydrolysis) is 1. The maximum absolute atomic E-state index is 13.1. The zero-order chi connectivity index (χ0) is 23.9. The summed E-state index contributed by atoms with van der Waals surface area (Å²) in [6.07, 6.45) is -0.590. The van der Waals surface area contributed by atoms with Gasteiger partial charge in [0.15, 0.2) is 0 Å². The van der Waals surface area contributed by atoms with Crippen molar-refractivity contribution in [2.24, 2.45) is 5.92 Å². The number of carbonyl (C=O) groups excluding carboxylic acids is 2. The first-order chi connectivity index (χ1) is 16.5. The Hall–Kier alpha value is -3.24. The quantitative estimate of drug-likeness (QED) is 0.524. The van der Waals surface area contributed by atoms with E-state index in [0.717, 1.165) is 10.4 Å². The summed E-state index contributed by atoms with van der Waals surface area (Å²) >= 11 is 1.57. The highest BCUT2D eigenvalue weighted by molar-refractivity contribution is 7.13. The molecule has 34 heavy (non-hydrogen) atoms. The van der Waals surface area contributed by atoms with Crippen molar-refractivity contribution in [3.8, 4) is 10.7 Å². The molecule has 1 N–H and O–H groups in total. The second-order valence-electron chi connectivity index (χ2n) is 8.52. The Balaban J connectivity index is 1.25. The van der Waals surface area contributed by atoms with Gasteiger partial charge in [-0.05, 0) is 22.9 Å². The van der Waals surface area contributed by atoms with Crippen LogP contribution in [-0.2, 0) is 22.7 Å². The fraction of sp³-hybridized carbons (Fsp3) is 0.417. The Kier molecular flexibility index (Phi) is 7.91. The summed E-state index contributed by atoms with van der Waals surface area (Å²) in [6, 6.07) is 12.7. The summed E-state index contributed by atoms with van der Waals surface area (Å²) in [4.78, 5) is 34.9. The van der Waals surface area contributed by atoms with Crippen molar-refractivity contribution in [2.45, 2.75) is 33.0 Å². The molecule has 180 valence electrons. The Bertz CT molecular complexity index is 1060. The van der Waals surface area contributed by atoms with Crippen molar-refractivity contribution in [3.63, 3.8) is 0 Å². The molecule has 2 amide bonds. The number of hydrogen-bond donors (Lipinski definition) is 1. The van der Waals surface area contributed by atoms with Crippen LogP contribution < -0.4 is 5.32 Å². The molecule has 0 bridgehead atoms. The number of amides is 2. The van der Waals surface area contributed by atoms with E-state index < -0.39 is 12.1 Å². The number of nitrogens with zero attached hydrogens (tertiary/aromatic N) is 4. The van der Waals surface area contributed by atoms with Gasteiger partial charge >= 0.3 is 6.09 Å². The van der Waals surface area contributed by atoms with Gasteiger partial charge in [-0.2, -0.15) is 4.98 Å². The molecule has 3 heterocycles. The molecule has 1 atom stereocenters. The second-order valence-corrected chi connectivity index (χ2v) is 9.47. The van der Waals surface area contributed by atoms with Crippen LogP contribution in [0.5, 0.6) is 0 Å². The molecular formula is C24H29N5O4S. The topological polar surface area (TPSA) is 101 Å². The van der Waals surface area contributed by atoms with E-state index in [9.17, 15) is 9.59 Å². The number of ether oxygens (including phenoxy) is 1. The average molecular weight is 484 g/mol. The molecular weight excluding hydrogens is 454 g/mol. The number of rotatable bonds is 8. The lowest BCUT2D eigenvalue weighted by molar-refractivity contribution is -0.136. The smallest absolute Gasteiger partial charge is 0.408 e. The Morgan fingerprint density at radius 1 is 1.12 bits per heavy atom. The highest BCUT2D eigenvalue weighted by atomic mass is 32.1. The maximum Gasteiger partial charge on any atom is 0.408 e. The van der Waals surface area contributed by atoms with Crippen LogP contribution in [0.15, 0.2) is 52.4 Å². The first kappa shape index (κ1) is 23.9. The molecule has 1 aliphatic rings. The van der Waals surface area contributed by atoms with Gasteiger partial charge in [0.2, 0.25) is 17.6 Å². The number of carbonyl (C=O) groups is 2. The van der Waals surface area contributed by atoms with Crippen LogP contribution in [0.25, 0.3) is 10.7 Å². The summed E-state index contributed by atoms with van der Waals surface area (Å²) in [5, 5.41) is 8.78. The average Bonchev–Trinajstić information content (AvgIpc) is 3.54. The number of hydrogen-bond acceptors (Lipinski definition) is 8. The van der Waals surface area contributed by atoms with E-state index in [1.807, 2.05) is 61.7 Å². The first-order valence-electron chi connectivity index (χ1n) is 11.3. The van der Waals surface area contributed by atoms with Gasteiger partial charge in [-0.3, -0.25) is 9.69 Å². The molecule has 10 heteroatoms. The molecule has 1 saturated heterocycles. The normalized spacial score (nSPS) is 15.3. The van der Waals surface area contributed by atoms with Gasteiger partial charge in [0.05, 0.1) is 11.4 Å². The van der Waals surface area contributed by atoms with Crippen LogP contribution in [0.2, 0.25) is 0 Å². The van der Waals surface area contributed by atoms with Gasteiger partial charge in [-0.15, -0.1) is 11.3 Å². The predicted molar refractivity (Wildman–Crippen MR) is 128 cm³/mol. The van der Waals surface area contributed by atoms with Gasteiger partial charge in [0.25, 0.3) is 0 Å². The fourth-order valence-corrected chi connectivity index (χ4v) is 4.39. The zero-order valence-electron chi connectivity index (χ0n) is 19.3. The Morgan fingerprint density at radius 2 is 1.88 bits per heavy atom. The lowest BCUT2D eigenvalue weighted by Crippen LogP contribution is -2.56. The number of aromatic nitrogens is 2. The van der Waals surface area contributed by atoms with Crippen LogP contribution in [0.1, 0.15) is 25.3 Å². The molecule has 1 aromatic carbocycles. The molecule has 1 aliphatic heterocycles. The van der Waals surface area contributed by atoms with Gasteiger partial charge in [-0.25, -0.2) is 4.79 Å². The molecule has 4 rings (SSSR count). The lowest BCUT2D eigenvalue weighted by atomic mass is 10.0. The summed E-state index contributed by atoms with van der Waals surface area (Å²) < 4.78 is 10.7.